The third kappa shape index (κ3) is 4.12. The summed E-state index contributed by atoms with van der Waals surface area (Å²) in [5.41, 5.74) is 1.14. The van der Waals surface area contributed by atoms with Gasteiger partial charge in [0, 0.05) is 0 Å². The third-order valence-electron chi connectivity index (χ3n) is 3.26. The normalized spacial score (nSPS) is 13.7. The van der Waals surface area contributed by atoms with Crippen molar-refractivity contribution in [1.82, 2.24) is 0 Å². The van der Waals surface area contributed by atoms with Gasteiger partial charge in [-0.05, 0) is 43.3 Å². The highest BCUT2D eigenvalue weighted by atomic mass is 31.2. The molecule has 0 saturated heterocycles. The number of rotatable bonds is 6. The van der Waals surface area contributed by atoms with Gasteiger partial charge in [-0.3, -0.25) is 4.57 Å². The van der Waals surface area contributed by atoms with E-state index < -0.39 is 7.37 Å². The lowest BCUT2D eigenvalue weighted by molar-refractivity contribution is -0.845. The van der Waals surface area contributed by atoms with E-state index in [1.807, 2.05) is 69.6 Å². The Labute approximate surface area is 132 Å². The van der Waals surface area contributed by atoms with Crippen LogP contribution in [0.2, 0.25) is 0 Å². The van der Waals surface area contributed by atoms with Crippen molar-refractivity contribution < 1.29 is 18.7 Å². The van der Waals surface area contributed by atoms with Crippen LogP contribution in [0.25, 0.3) is 0 Å². The summed E-state index contributed by atoms with van der Waals surface area (Å²) in [7, 11) is 2.56. The third-order valence-corrected chi connectivity index (χ3v) is 5.90. The van der Waals surface area contributed by atoms with Gasteiger partial charge in [-0.25, -0.2) is 0 Å². The molecule has 0 aliphatic rings. The van der Waals surface area contributed by atoms with Gasteiger partial charge in [0.25, 0.3) is 0 Å². The fourth-order valence-corrected chi connectivity index (χ4v) is 4.42. The highest BCUT2D eigenvalue weighted by Gasteiger charge is 2.31. The van der Waals surface area contributed by atoms with Crippen LogP contribution in [0, 0.1) is 6.92 Å². The monoisotopic (exact) mass is 320 g/mol. The van der Waals surface area contributed by atoms with Crippen molar-refractivity contribution in [2.75, 3.05) is 27.5 Å². The summed E-state index contributed by atoms with van der Waals surface area (Å²) in [5.74, 6) is 1.37. The van der Waals surface area contributed by atoms with Gasteiger partial charge in [0.15, 0.2) is 6.29 Å². The molecular formula is C17H23NO3P+. The number of methoxy groups -OCH3 is 1. The second-order valence-corrected chi connectivity index (χ2v) is 8.00. The lowest BCUT2D eigenvalue weighted by atomic mass is 10.2. The van der Waals surface area contributed by atoms with Gasteiger partial charge in [-0.2, -0.15) is 0 Å². The van der Waals surface area contributed by atoms with Crippen LogP contribution in [-0.4, -0.2) is 27.5 Å². The van der Waals surface area contributed by atoms with E-state index in [2.05, 4.69) is 0 Å². The number of nitrogens with one attached hydrogen (secondary N) is 1. The first kappa shape index (κ1) is 16.6. The summed E-state index contributed by atoms with van der Waals surface area (Å²) < 4.78 is 24.5. The maximum atomic E-state index is 13.4. The number of aryl methyl sites for hydroxylation is 1. The maximum Gasteiger partial charge on any atom is 0.329 e. The Kier molecular flexibility index (Phi) is 5.28. The van der Waals surface area contributed by atoms with Gasteiger partial charge >= 0.3 is 7.37 Å². The predicted molar refractivity (Wildman–Crippen MR) is 89.7 cm³/mol. The first-order chi connectivity index (χ1) is 10.4. The maximum absolute atomic E-state index is 13.4. The van der Waals surface area contributed by atoms with Crippen molar-refractivity contribution in [3.05, 3.63) is 54.1 Å². The van der Waals surface area contributed by atoms with Gasteiger partial charge in [0.1, 0.15) is 11.5 Å². The summed E-state index contributed by atoms with van der Waals surface area (Å²) in [6, 6.07) is 14.9. The van der Waals surface area contributed by atoms with Crippen LogP contribution in [0.4, 0.5) is 0 Å². The molecule has 118 valence electrons. The predicted octanol–water partition coefficient (Wildman–Crippen LogP) is 2.09. The summed E-state index contributed by atoms with van der Waals surface area (Å²) in [6.45, 7) is 2.01. The van der Waals surface area contributed by atoms with Crippen LogP contribution in [0.5, 0.6) is 11.5 Å². The largest absolute Gasteiger partial charge is 0.497 e. The minimum atomic E-state index is -2.99. The molecule has 0 aromatic heterocycles. The molecule has 0 saturated carbocycles. The molecular weight excluding hydrogens is 297 g/mol. The van der Waals surface area contributed by atoms with Gasteiger partial charge in [0.2, 0.25) is 0 Å². The molecule has 0 aliphatic carbocycles. The minimum Gasteiger partial charge on any atom is -0.497 e. The van der Waals surface area contributed by atoms with E-state index in [-0.39, 0.29) is 0 Å². The van der Waals surface area contributed by atoms with Crippen molar-refractivity contribution in [1.29, 1.82) is 0 Å². The summed E-state index contributed by atoms with van der Waals surface area (Å²) in [6.07, 6.45) is 0.424. The molecule has 0 radical (unpaired) electrons. The average Bonchev–Trinajstić information content (AvgIpc) is 2.49. The topological polar surface area (TPSA) is 40.0 Å². The Morgan fingerprint density at radius 1 is 0.955 bits per heavy atom. The summed E-state index contributed by atoms with van der Waals surface area (Å²) in [5, 5.41) is 0.704. The van der Waals surface area contributed by atoms with Gasteiger partial charge in [-0.1, -0.05) is 17.7 Å². The van der Waals surface area contributed by atoms with Crippen molar-refractivity contribution >= 4 is 12.7 Å². The van der Waals surface area contributed by atoms with E-state index in [0.29, 0.717) is 17.3 Å². The van der Waals surface area contributed by atoms with Crippen LogP contribution in [0.1, 0.15) is 5.56 Å². The zero-order valence-electron chi connectivity index (χ0n) is 13.5. The molecule has 0 heterocycles. The van der Waals surface area contributed by atoms with E-state index >= 15 is 0 Å². The van der Waals surface area contributed by atoms with E-state index in [1.165, 1.54) is 0 Å². The Bertz CT molecular complexity index is 651. The van der Waals surface area contributed by atoms with Gasteiger partial charge < -0.3 is 14.2 Å². The van der Waals surface area contributed by atoms with Crippen LogP contribution in [0.3, 0.4) is 0 Å². The van der Waals surface area contributed by atoms with Crippen LogP contribution in [-0.2, 0) is 4.57 Å². The molecule has 0 aliphatic heterocycles. The Morgan fingerprint density at radius 3 is 2.00 bits per heavy atom. The molecule has 1 unspecified atom stereocenters. The highest BCUT2D eigenvalue weighted by Crippen LogP contribution is 2.44. The molecule has 5 heteroatoms. The van der Waals surface area contributed by atoms with Crippen LogP contribution in [0.15, 0.2) is 48.5 Å². The molecule has 2 rings (SSSR count). The van der Waals surface area contributed by atoms with Crippen molar-refractivity contribution in [2.24, 2.45) is 0 Å². The lowest BCUT2D eigenvalue weighted by Crippen LogP contribution is -3.05. The molecule has 0 spiro atoms. The van der Waals surface area contributed by atoms with E-state index in [0.717, 1.165) is 16.2 Å². The summed E-state index contributed by atoms with van der Waals surface area (Å²) in [4.78, 5) is 1.08. The molecule has 0 bridgehead atoms. The molecule has 1 atom stereocenters. The van der Waals surface area contributed by atoms with Crippen molar-refractivity contribution in [3.63, 3.8) is 0 Å². The average molecular weight is 320 g/mol. The molecule has 1 N–H and O–H groups in total. The zero-order valence-corrected chi connectivity index (χ0v) is 14.4. The quantitative estimate of drug-likeness (QED) is 0.829. The van der Waals surface area contributed by atoms with Crippen LogP contribution < -0.4 is 19.5 Å². The van der Waals surface area contributed by atoms with Crippen molar-refractivity contribution in [3.8, 4) is 11.5 Å². The Balaban J connectivity index is 2.33. The fraction of sp³-hybridized carbons (Fsp3) is 0.294. The smallest absolute Gasteiger partial charge is 0.329 e. The van der Waals surface area contributed by atoms with Crippen LogP contribution >= 0.6 is 7.37 Å². The summed E-state index contributed by atoms with van der Waals surface area (Å²) >= 11 is 0. The molecule has 2 aromatic rings. The Morgan fingerprint density at radius 2 is 1.50 bits per heavy atom. The second kappa shape index (κ2) is 6.99. The van der Waals surface area contributed by atoms with Gasteiger partial charge in [-0.15, -0.1) is 0 Å². The number of benzene rings is 2. The number of hydrogen-bond donors (Lipinski definition) is 1. The van der Waals surface area contributed by atoms with E-state index in [9.17, 15) is 4.57 Å². The SMILES string of the molecule is COc1ccc(P(=O)(C[NH+](C)C)Oc2ccc(C)cc2)cc1. The first-order valence-corrected chi connectivity index (χ1v) is 9.03. The minimum absolute atomic E-state index is 0.424. The van der Waals surface area contributed by atoms with E-state index in [4.69, 9.17) is 9.26 Å². The van der Waals surface area contributed by atoms with Crippen molar-refractivity contribution in [2.45, 2.75) is 6.92 Å². The van der Waals surface area contributed by atoms with Gasteiger partial charge in [0.05, 0.1) is 26.5 Å². The molecule has 4 nitrogen and oxygen atoms in total. The number of hydrogen-bond acceptors (Lipinski definition) is 3. The lowest BCUT2D eigenvalue weighted by Gasteiger charge is -2.21. The number of ether oxygens (including phenoxy) is 1. The zero-order chi connectivity index (χ0) is 16.2. The standard InChI is InChI=1S/C17H22NO3P/c1-14-5-7-16(8-6-14)21-22(19,13-18(2)3)17-11-9-15(20-4)10-12-17/h5-12H,13H2,1-4H3/p+1. The van der Waals surface area contributed by atoms with E-state index in [1.54, 1.807) is 7.11 Å². The fourth-order valence-electron chi connectivity index (χ4n) is 2.17. The second-order valence-electron chi connectivity index (χ2n) is 5.64. The number of quaternary nitrogens is 1. The Hall–Kier alpha value is -1.77. The molecule has 0 amide bonds. The highest BCUT2D eigenvalue weighted by molar-refractivity contribution is 7.67. The molecule has 22 heavy (non-hydrogen) atoms. The molecule has 0 fully saturated rings. The first-order valence-electron chi connectivity index (χ1n) is 7.22. The molecule has 2 aromatic carbocycles.